The summed E-state index contributed by atoms with van der Waals surface area (Å²) >= 11 is 7.64. The number of cyclic esters (lactones) is 1. The van der Waals surface area contributed by atoms with Gasteiger partial charge in [0.2, 0.25) is 5.91 Å². The minimum absolute atomic E-state index is 0.0910. The van der Waals surface area contributed by atoms with E-state index >= 15 is 0 Å². The lowest BCUT2D eigenvalue weighted by atomic mass is 9.78. The summed E-state index contributed by atoms with van der Waals surface area (Å²) in [6.45, 7) is 1.19. The molecule has 36 heavy (non-hydrogen) atoms. The van der Waals surface area contributed by atoms with Crippen LogP contribution in [0.25, 0.3) is 0 Å². The number of anilines is 1. The number of aliphatic hydroxyl groups excluding tert-OH is 1. The average Bonchev–Trinajstić information content (AvgIpc) is 3.27. The van der Waals surface area contributed by atoms with Crippen LogP contribution < -0.4 is 4.90 Å². The van der Waals surface area contributed by atoms with Crippen molar-refractivity contribution in [1.82, 2.24) is 4.90 Å². The summed E-state index contributed by atoms with van der Waals surface area (Å²) in [5, 5.41) is 9.55. The quantitative estimate of drug-likeness (QED) is 0.343. The molecule has 0 bridgehead atoms. The molecule has 0 aliphatic carbocycles. The van der Waals surface area contributed by atoms with Gasteiger partial charge in [0.15, 0.2) is 0 Å². The van der Waals surface area contributed by atoms with Crippen LogP contribution in [0.15, 0.2) is 48.6 Å². The lowest BCUT2D eigenvalue weighted by Crippen LogP contribution is -2.53. The summed E-state index contributed by atoms with van der Waals surface area (Å²) in [4.78, 5) is 44.9. The van der Waals surface area contributed by atoms with Crippen molar-refractivity contribution in [3.63, 3.8) is 0 Å². The zero-order valence-electron chi connectivity index (χ0n) is 20.1. The summed E-state index contributed by atoms with van der Waals surface area (Å²) < 4.78 is 4.74. The Kier molecular flexibility index (Phi) is 7.47. The van der Waals surface area contributed by atoms with Crippen molar-refractivity contribution in [2.24, 2.45) is 11.8 Å². The normalized spacial score (nSPS) is 32.7. The van der Waals surface area contributed by atoms with Gasteiger partial charge in [0, 0.05) is 35.7 Å². The summed E-state index contributed by atoms with van der Waals surface area (Å²) in [5.41, 5.74) is 0.715. The molecule has 1 N–H and O–H groups in total. The number of esters is 1. The second-order valence-corrected chi connectivity index (χ2v) is 11.6. The van der Waals surface area contributed by atoms with E-state index < -0.39 is 22.6 Å². The number of ether oxygens (including phenoxy) is 1. The Morgan fingerprint density at radius 2 is 1.89 bits per heavy atom. The van der Waals surface area contributed by atoms with E-state index in [-0.39, 0.29) is 29.6 Å². The number of carbonyl (C=O) groups is 3. The van der Waals surface area contributed by atoms with Crippen LogP contribution in [-0.2, 0) is 19.1 Å². The van der Waals surface area contributed by atoms with Crippen molar-refractivity contribution in [2.75, 3.05) is 31.2 Å². The number of benzene rings is 1. The van der Waals surface area contributed by atoms with Crippen molar-refractivity contribution in [1.29, 1.82) is 0 Å². The van der Waals surface area contributed by atoms with Gasteiger partial charge in [-0.15, -0.1) is 11.8 Å². The summed E-state index contributed by atoms with van der Waals surface area (Å²) in [6.07, 6.45) is 11.7. The molecule has 4 aliphatic rings. The molecule has 7 nitrogen and oxygen atoms in total. The van der Waals surface area contributed by atoms with Crippen molar-refractivity contribution < 1.29 is 24.2 Å². The van der Waals surface area contributed by atoms with Gasteiger partial charge in [-0.1, -0.05) is 35.9 Å². The maximum atomic E-state index is 14.2. The fraction of sp³-hybridized carbons (Fsp3) is 0.519. The van der Waals surface area contributed by atoms with E-state index in [2.05, 4.69) is 6.08 Å². The largest absolute Gasteiger partial charge is 0.465 e. The molecule has 0 aromatic heterocycles. The predicted molar refractivity (Wildman–Crippen MR) is 140 cm³/mol. The molecule has 1 spiro atoms. The zero-order valence-corrected chi connectivity index (χ0v) is 21.6. The number of amides is 2. The second kappa shape index (κ2) is 10.6. The highest BCUT2D eigenvalue weighted by Crippen LogP contribution is 2.60. The fourth-order valence-corrected chi connectivity index (χ4v) is 8.04. The van der Waals surface area contributed by atoms with Gasteiger partial charge in [-0.2, -0.15) is 0 Å². The molecule has 2 saturated heterocycles. The molecule has 4 aliphatic heterocycles. The summed E-state index contributed by atoms with van der Waals surface area (Å²) in [5.74, 6) is -1.98. The van der Waals surface area contributed by atoms with E-state index in [0.29, 0.717) is 43.2 Å². The number of aliphatic hydroxyl groups is 1. The molecule has 2 fully saturated rings. The topological polar surface area (TPSA) is 87.2 Å². The third kappa shape index (κ3) is 4.37. The number of fused-ring (bicyclic) bond motifs is 2. The van der Waals surface area contributed by atoms with Crippen molar-refractivity contribution >= 4 is 46.8 Å². The van der Waals surface area contributed by atoms with E-state index in [4.69, 9.17) is 16.3 Å². The number of hydrogen-bond donors (Lipinski definition) is 1. The van der Waals surface area contributed by atoms with Crippen LogP contribution in [0, 0.1) is 11.8 Å². The number of unbranched alkanes of at least 4 members (excludes halogenated alkanes) is 2. The monoisotopic (exact) mass is 530 g/mol. The number of nitrogens with zero attached hydrogens (tertiary/aromatic N) is 2. The smallest absolute Gasteiger partial charge is 0.311 e. The fourth-order valence-electron chi connectivity index (χ4n) is 5.92. The number of rotatable bonds is 6. The van der Waals surface area contributed by atoms with Crippen LogP contribution in [-0.4, -0.2) is 70.1 Å². The first-order valence-corrected chi connectivity index (χ1v) is 13.9. The van der Waals surface area contributed by atoms with Gasteiger partial charge < -0.3 is 19.6 Å². The lowest BCUT2D eigenvalue weighted by molar-refractivity contribution is -0.153. The van der Waals surface area contributed by atoms with Gasteiger partial charge in [-0.05, 0) is 56.4 Å². The maximum absolute atomic E-state index is 14.2. The van der Waals surface area contributed by atoms with Crippen molar-refractivity contribution in [3.8, 4) is 0 Å². The first-order valence-electron chi connectivity index (χ1n) is 12.6. The number of thioether (sulfide) groups is 1. The lowest BCUT2D eigenvalue weighted by Gasteiger charge is -2.35. The molecule has 1 unspecified atom stereocenters. The Labute approximate surface area is 220 Å². The number of likely N-dealkylation sites (tertiary alicyclic amines) is 1. The molecule has 0 saturated carbocycles. The van der Waals surface area contributed by atoms with Crippen LogP contribution in [0.3, 0.4) is 0 Å². The highest BCUT2D eigenvalue weighted by atomic mass is 35.5. The Hall–Kier alpha value is -2.29. The minimum Gasteiger partial charge on any atom is -0.465 e. The van der Waals surface area contributed by atoms with Gasteiger partial charge in [-0.25, -0.2) is 0 Å². The predicted octanol–water partition coefficient (Wildman–Crippen LogP) is 3.60. The Morgan fingerprint density at radius 1 is 1.08 bits per heavy atom. The molecule has 2 amide bonds. The van der Waals surface area contributed by atoms with Gasteiger partial charge >= 0.3 is 5.97 Å². The van der Waals surface area contributed by atoms with Gasteiger partial charge in [-0.3, -0.25) is 14.4 Å². The maximum Gasteiger partial charge on any atom is 0.311 e. The molecule has 9 heteroatoms. The Bertz CT molecular complexity index is 1080. The molecule has 5 rings (SSSR count). The number of halogens is 1. The van der Waals surface area contributed by atoms with Gasteiger partial charge in [0.1, 0.15) is 6.04 Å². The molecular formula is C27H31ClN2O5S. The number of carbonyl (C=O) groups excluding carboxylic acids is 3. The molecule has 192 valence electrons. The Balaban J connectivity index is 1.56. The van der Waals surface area contributed by atoms with Crippen LogP contribution in [0.4, 0.5) is 5.69 Å². The second-order valence-electron chi connectivity index (χ2n) is 9.72. The van der Waals surface area contributed by atoms with Crippen LogP contribution >= 0.6 is 23.4 Å². The van der Waals surface area contributed by atoms with Crippen molar-refractivity contribution in [2.45, 2.75) is 48.1 Å². The first-order chi connectivity index (χ1) is 17.5. The summed E-state index contributed by atoms with van der Waals surface area (Å²) in [7, 11) is 0. The molecule has 4 heterocycles. The molecule has 1 aromatic rings. The minimum atomic E-state index is -0.857. The third-order valence-corrected chi connectivity index (χ3v) is 9.54. The number of hydrogen-bond acceptors (Lipinski definition) is 6. The molecule has 5 atom stereocenters. The van der Waals surface area contributed by atoms with E-state index in [9.17, 15) is 19.5 Å². The van der Waals surface area contributed by atoms with E-state index in [0.717, 1.165) is 19.3 Å². The average molecular weight is 531 g/mol. The molecule has 0 radical (unpaired) electrons. The van der Waals surface area contributed by atoms with E-state index in [1.165, 1.54) is 0 Å². The highest BCUT2D eigenvalue weighted by Gasteiger charge is 2.70. The first kappa shape index (κ1) is 25.4. The standard InChI is InChI=1S/C27H31ClN2O5S/c28-18-9-11-19(12-10-18)29-15-7-13-27-22(21-20(36-27)8-3-1-6-17-35-26(21)34)24(32)30(23(27)25(29)33)14-4-2-5-16-31/h3,7-13,20-23,31H,1-2,4-6,14-17H2/b8-3-/t20-,21+,22+,23?,27+/m1/s1. The third-order valence-electron chi connectivity index (χ3n) is 7.55. The van der Waals surface area contributed by atoms with Gasteiger partial charge in [0.05, 0.1) is 23.2 Å². The van der Waals surface area contributed by atoms with E-state index in [1.54, 1.807) is 33.7 Å². The SMILES string of the molecule is O=C1OCCC/C=C\[C@H]2S[C@]34C=CCN(c5ccc(Cl)cc5)C(=O)C3N(CCCCCO)C(=O)[C@@H]4[C@@H]12. The molecule has 1 aromatic carbocycles. The van der Waals surface area contributed by atoms with Crippen LogP contribution in [0.2, 0.25) is 5.02 Å². The highest BCUT2D eigenvalue weighted by molar-refractivity contribution is 8.02. The van der Waals surface area contributed by atoms with Crippen molar-refractivity contribution in [3.05, 3.63) is 53.6 Å². The Morgan fingerprint density at radius 3 is 2.67 bits per heavy atom. The van der Waals surface area contributed by atoms with E-state index in [1.807, 2.05) is 30.4 Å². The zero-order chi connectivity index (χ0) is 25.3. The van der Waals surface area contributed by atoms with Crippen LogP contribution in [0.5, 0.6) is 0 Å². The van der Waals surface area contributed by atoms with Crippen LogP contribution in [0.1, 0.15) is 32.1 Å². The van der Waals surface area contributed by atoms with Gasteiger partial charge in [0.25, 0.3) is 5.91 Å². The molecular weight excluding hydrogens is 500 g/mol. The number of allylic oxidation sites excluding steroid dienone is 1. The summed E-state index contributed by atoms with van der Waals surface area (Å²) in [6, 6.07) is 6.38.